The maximum Gasteiger partial charge on any atom is 0.408 e. The topological polar surface area (TPSA) is 96.9 Å². The average Bonchev–Trinajstić information content (AvgIpc) is 2.55. The van der Waals surface area contributed by atoms with Crippen LogP contribution in [0.2, 0.25) is 0 Å². The first-order valence-corrected chi connectivity index (χ1v) is 9.08. The third-order valence-corrected chi connectivity index (χ3v) is 3.27. The summed E-state index contributed by atoms with van der Waals surface area (Å²) in [7, 11) is 1.58. The molecule has 0 aliphatic carbocycles. The number of methoxy groups -OCH3 is 1. The van der Waals surface area contributed by atoms with E-state index in [4.69, 9.17) is 9.47 Å². The largest absolute Gasteiger partial charge is 0.481 e. The summed E-state index contributed by atoms with van der Waals surface area (Å²) in [5.74, 6) is 1.20. The molecule has 0 unspecified atom stereocenters. The number of carbonyl (C=O) groups is 1. The van der Waals surface area contributed by atoms with E-state index in [0.717, 1.165) is 12.2 Å². The first-order valence-electron chi connectivity index (χ1n) is 9.08. The van der Waals surface area contributed by atoms with Crippen LogP contribution < -0.4 is 20.7 Å². The highest BCUT2D eigenvalue weighted by Gasteiger charge is 2.24. The van der Waals surface area contributed by atoms with Crippen molar-refractivity contribution in [3.8, 4) is 5.88 Å². The summed E-state index contributed by atoms with van der Waals surface area (Å²) in [6.07, 6.45) is -0.447. The first-order chi connectivity index (χ1) is 12.5. The van der Waals surface area contributed by atoms with Crippen molar-refractivity contribution in [2.75, 3.05) is 20.2 Å². The molecule has 1 heterocycles. The van der Waals surface area contributed by atoms with Crippen LogP contribution in [0.4, 0.5) is 4.79 Å². The fourth-order valence-electron chi connectivity index (χ4n) is 2.09. The second kappa shape index (κ2) is 9.99. The van der Waals surface area contributed by atoms with Crippen LogP contribution in [0.15, 0.2) is 23.2 Å². The van der Waals surface area contributed by atoms with E-state index < -0.39 is 17.2 Å². The Bertz CT molecular complexity index is 638. The maximum absolute atomic E-state index is 12.0. The molecule has 0 atom stereocenters. The van der Waals surface area contributed by atoms with E-state index in [1.807, 2.05) is 53.7 Å². The van der Waals surface area contributed by atoms with Gasteiger partial charge < -0.3 is 25.4 Å². The lowest BCUT2D eigenvalue weighted by Gasteiger charge is -2.29. The summed E-state index contributed by atoms with van der Waals surface area (Å²) in [5.41, 5.74) is -0.252. The number of rotatable bonds is 7. The Morgan fingerprint density at radius 2 is 1.89 bits per heavy atom. The fourth-order valence-corrected chi connectivity index (χ4v) is 2.09. The molecule has 1 aromatic rings. The SMILES string of the molecule is CCNC(=NCc1cccc(OC)n1)NCC(C)(C)NC(=O)OC(C)(C)C. The molecule has 0 fully saturated rings. The van der Waals surface area contributed by atoms with E-state index in [2.05, 4.69) is 25.9 Å². The van der Waals surface area contributed by atoms with Crippen molar-refractivity contribution in [3.05, 3.63) is 23.9 Å². The molecule has 8 heteroatoms. The van der Waals surface area contributed by atoms with Crippen LogP contribution in [0.1, 0.15) is 47.2 Å². The van der Waals surface area contributed by atoms with E-state index >= 15 is 0 Å². The Labute approximate surface area is 162 Å². The van der Waals surface area contributed by atoms with E-state index in [1.54, 1.807) is 13.2 Å². The molecular formula is C19H33N5O3. The van der Waals surface area contributed by atoms with Crippen LogP contribution in [-0.2, 0) is 11.3 Å². The standard InChI is InChI=1S/C19H33N5O3/c1-8-20-16(21-12-14-10-9-11-15(23-14)26-7)22-13-19(5,6)24-17(25)27-18(2,3)4/h9-11H,8,12-13H2,1-7H3,(H,24,25)(H2,20,21,22). The van der Waals surface area contributed by atoms with Gasteiger partial charge in [0.1, 0.15) is 5.60 Å². The lowest BCUT2D eigenvalue weighted by atomic mass is 10.1. The molecule has 0 aliphatic heterocycles. The summed E-state index contributed by atoms with van der Waals surface area (Å²) in [6, 6.07) is 5.57. The number of ether oxygens (including phenoxy) is 2. The minimum Gasteiger partial charge on any atom is -0.481 e. The van der Waals surface area contributed by atoms with Crippen molar-refractivity contribution in [3.63, 3.8) is 0 Å². The zero-order valence-electron chi connectivity index (χ0n) is 17.5. The summed E-state index contributed by atoms with van der Waals surface area (Å²) >= 11 is 0. The second-order valence-electron chi connectivity index (χ2n) is 7.73. The van der Waals surface area contributed by atoms with Gasteiger partial charge in [0.05, 0.1) is 24.9 Å². The Balaban J connectivity index is 2.65. The van der Waals surface area contributed by atoms with Gasteiger partial charge in [0.15, 0.2) is 5.96 Å². The van der Waals surface area contributed by atoms with Gasteiger partial charge in [-0.2, -0.15) is 0 Å². The average molecular weight is 380 g/mol. The molecule has 3 N–H and O–H groups in total. The van der Waals surface area contributed by atoms with Crippen molar-refractivity contribution in [2.24, 2.45) is 4.99 Å². The van der Waals surface area contributed by atoms with Gasteiger partial charge >= 0.3 is 6.09 Å². The number of hydrogen-bond donors (Lipinski definition) is 3. The molecule has 1 amide bonds. The number of amides is 1. The van der Waals surface area contributed by atoms with Gasteiger partial charge in [-0.3, -0.25) is 0 Å². The molecule has 0 saturated carbocycles. The van der Waals surface area contributed by atoms with E-state index in [1.165, 1.54) is 0 Å². The fraction of sp³-hybridized carbons (Fsp3) is 0.632. The number of carbonyl (C=O) groups excluding carboxylic acids is 1. The van der Waals surface area contributed by atoms with Crippen molar-refractivity contribution < 1.29 is 14.3 Å². The third kappa shape index (κ3) is 9.67. The Morgan fingerprint density at radius 1 is 1.19 bits per heavy atom. The van der Waals surface area contributed by atoms with E-state index in [0.29, 0.717) is 24.9 Å². The van der Waals surface area contributed by atoms with Crippen LogP contribution in [0.5, 0.6) is 5.88 Å². The number of aliphatic imine (C=N–C) groups is 1. The quantitative estimate of drug-likeness (QED) is 0.497. The summed E-state index contributed by atoms with van der Waals surface area (Å²) < 4.78 is 10.4. The molecular weight excluding hydrogens is 346 g/mol. The minimum absolute atomic E-state index is 0.409. The Hall–Kier alpha value is -2.51. The van der Waals surface area contributed by atoms with Crippen LogP contribution in [0.25, 0.3) is 0 Å². The lowest BCUT2D eigenvalue weighted by molar-refractivity contribution is 0.0474. The molecule has 152 valence electrons. The number of pyridine rings is 1. The maximum atomic E-state index is 12.0. The second-order valence-corrected chi connectivity index (χ2v) is 7.73. The minimum atomic E-state index is -0.534. The number of alkyl carbamates (subject to hydrolysis) is 1. The number of nitrogens with one attached hydrogen (secondary N) is 3. The van der Waals surface area contributed by atoms with E-state index in [9.17, 15) is 4.79 Å². The van der Waals surface area contributed by atoms with Gasteiger partial charge in [0.25, 0.3) is 0 Å². The number of aromatic nitrogens is 1. The van der Waals surface area contributed by atoms with Crippen molar-refractivity contribution in [1.29, 1.82) is 0 Å². The molecule has 0 bridgehead atoms. The lowest BCUT2D eigenvalue weighted by Crippen LogP contribution is -2.54. The van der Waals surface area contributed by atoms with Gasteiger partial charge in [-0.25, -0.2) is 14.8 Å². The molecule has 8 nitrogen and oxygen atoms in total. The number of nitrogens with zero attached hydrogens (tertiary/aromatic N) is 2. The zero-order valence-corrected chi connectivity index (χ0v) is 17.5. The molecule has 0 spiro atoms. The van der Waals surface area contributed by atoms with Crippen molar-refractivity contribution in [1.82, 2.24) is 20.9 Å². The van der Waals surface area contributed by atoms with Gasteiger partial charge in [-0.05, 0) is 47.6 Å². The number of hydrogen-bond acceptors (Lipinski definition) is 5. The van der Waals surface area contributed by atoms with Crippen LogP contribution >= 0.6 is 0 Å². The molecule has 1 rings (SSSR count). The first kappa shape index (κ1) is 22.5. The highest BCUT2D eigenvalue weighted by Crippen LogP contribution is 2.09. The van der Waals surface area contributed by atoms with Gasteiger partial charge in [0, 0.05) is 19.2 Å². The van der Waals surface area contributed by atoms with Gasteiger partial charge in [-0.1, -0.05) is 6.07 Å². The van der Waals surface area contributed by atoms with E-state index in [-0.39, 0.29) is 0 Å². The van der Waals surface area contributed by atoms with Crippen LogP contribution in [0, 0.1) is 0 Å². The smallest absolute Gasteiger partial charge is 0.408 e. The molecule has 0 radical (unpaired) electrons. The highest BCUT2D eigenvalue weighted by molar-refractivity contribution is 5.80. The van der Waals surface area contributed by atoms with Crippen molar-refractivity contribution in [2.45, 2.75) is 59.2 Å². The normalized spacial score (nSPS) is 12.3. The van der Waals surface area contributed by atoms with Gasteiger partial charge in [0.2, 0.25) is 5.88 Å². The zero-order chi connectivity index (χ0) is 20.5. The Kier molecular flexibility index (Phi) is 8.33. The predicted molar refractivity (Wildman–Crippen MR) is 107 cm³/mol. The number of guanidine groups is 1. The monoisotopic (exact) mass is 379 g/mol. The summed E-state index contributed by atoms with van der Waals surface area (Å²) in [5, 5.41) is 9.28. The predicted octanol–water partition coefficient (Wildman–Crippen LogP) is 2.45. The Morgan fingerprint density at radius 3 is 2.48 bits per heavy atom. The molecule has 27 heavy (non-hydrogen) atoms. The molecule has 0 saturated heterocycles. The highest BCUT2D eigenvalue weighted by atomic mass is 16.6. The summed E-state index contributed by atoms with van der Waals surface area (Å²) in [6.45, 7) is 12.9. The molecule has 0 aromatic carbocycles. The van der Waals surface area contributed by atoms with Gasteiger partial charge in [-0.15, -0.1) is 0 Å². The van der Waals surface area contributed by atoms with Crippen molar-refractivity contribution >= 4 is 12.1 Å². The molecule has 1 aromatic heterocycles. The molecule has 0 aliphatic rings. The van der Waals surface area contributed by atoms with Crippen LogP contribution in [0.3, 0.4) is 0 Å². The van der Waals surface area contributed by atoms with Crippen LogP contribution in [-0.4, -0.2) is 48.4 Å². The summed E-state index contributed by atoms with van der Waals surface area (Å²) in [4.78, 5) is 20.9. The third-order valence-electron chi connectivity index (χ3n) is 3.27.